The lowest BCUT2D eigenvalue weighted by molar-refractivity contribution is 0.332. The van der Waals surface area contributed by atoms with Gasteiger partial charge in [-0.1, -0.05) is 54.2 Å². The zero-order chi connectivity index (χ0) is 16.7. The molecule has 0 radical (unpaired) electrons. The van der Waals surface area contributed by atoms with E-state index in [1.807, 2.05) is 25.1 Å². The molecule has 1 aromatic carbocycles. The highest BCUT2D eigenvalue weighted by atomic mass is 32.2. The lowest BCUT2D eigenvalue weighted by Gasteiger charge is -2.05. The molecule has 0 aliphatic carbocycles. The molecule has 0 atom stereocenters. The van der Waals surface area contributed by atoms with Crippen molar-refractivity contribution in [3.8, 4) is 6.07 Å². The second-order valence-electron chi connectivity index (χ2n) is 4.51. The molecule has 0 fully saturated rings. The molecular weight excluding hydrogens is 334 g/mol. The standard InChI is InChI=1S/C15H15N3O3S2/c1-2-9-17-23(19,20)21-18-15-13(8-10-22-15)14(11-16)12-6-4-3-5-7-12/h3-8,10,17H,2,9H2,1H3/b14-13+,18-15-. The van der Waals surface area contributed by atoms with Gasteiger partial charge in [0.2, 0.25) is 0 Å². The minimum atomic E-state index is -3.94. The van der Waals surface area contributed by atoms with Gasteiger partial charge in [-0.3, -0.25) is 4.28 Å². The molecule has 1 aromatic rings. The van der Waals surface area contributed by atoms with E-state index in [9.17, 15) is 13.7 Å². The van der Waals surface area contributed by atoms with Crippen molar-refractivity contribution in [1.82, 2.24) is 4.72 Å². The van der Waals surface area contributed by atoms with E-state index >= 15 is 0 Å². The number of nitrogens with one attached hydrogen (secondary N) is 1. The van der Waals surface area contributed by atoms with Gasteiger partial charge in [0.1, 0.15) is 6.07 Å². The SMILES string of the molecule is CCCNS(=O)(=O)O/N=C1\SC=C\C1=C(\C#N)c1ccccc1. The smallest absolute Gasteiger partial charge is 0.255 e. The van der Waals surface area contributed by atoms with E-state index in [-0.39, 0.29) is 6.54 Å². The van der Waals surface area contributed by atoms with E-state index in [1.54, 1.807) is 23.6 Å². The first-order valence-corrected chi connectivity index (χ1v) is 9.15. The zero-order valence-corrected chi connectivity index (χ0v) is 14.0. The molecule has 0 amide bonds. The van der Waals surface area contributed by atoms with Gasteiger partial charge >= 0.3 is 10.3 Å². The van der Waals surface area contributed by atoms with Crippen LogP contribution in [0.1, 0.15) is 18.9 Å². The van der Waals surface area contributed by atoms with Crippen molar-refractivity contribution in [2.45, 2.75) is 13.3 Å². The molecule has 1 heterocycles. The van der Waals surface area contributed by atoms with Gasteiger partial charge in [0.15, 0.2) is 5.04 Å². The summed E-state index contributed by atoms with van der Waals surface area (Å²) >= 11 is 1.20. The largest absolute Gasteiger partial charge is 0.402 e. The van der Waals surface area contributed by atoms with E-state index in [1.165, 1.54) is 11.8 Å². The number of hydrogen-bond donors (Lipinski definition) is 1. The van der Waals surface area contributed by atoms with E-state index in [2.05, 4.69) is 20.2 Å². The number of hydrogen-bond acceptors (Lipinski definition) is 6. The Balaban J connectivity index is 2.29. The van der Waals surface area contributed by atoms with Crippen molar-refractivity contribution in [2.24, 2.45) is 5.16 Å². The van der Waals surface area contributed by atoms with Crippen LogP contribution in [0.15, 0.2) is 52.5 Å². The summed E-state index contributed by atoms with van der Waals surface area (Å²) in [6.45, 7) is 2.11. The third-order valence-corrected chi connectivity index (χ3v) is 4.45. The summed E-state index contributed by atoms with van der Waals surface area (Å²) in [6, 6.07) is 11.3. The number of allylic oxidation sites excluding steroid dienone is 2. The van der Waals surface area contributed by atoms with E-state index in [4.69, 9.17) is 0 Å². The monoisotopic (exact) mass is 349 g/mol. The summed E-state index contributed by atoms with van der Waals surface area (Å²) < 4.78 is 30.1. The number of benzene rings is 1. The van der Waals surface area contributed by atoms with Gasteiger partial charge in [-0.05, 0) is 23.5 Å². The Kier molecular flexibility index (Phi) is 5.98. The number of nitrogens with zero attached hydrogens (tertiary/aromatic N) is 2. The van der Waals surface area contributed by atoms with Crippen molar-refractivity contribution in [3.05, 3.63) is 53.0 Å². The van der Waals surface area contributed by atoms with E-state index in [0.717, 1.165) is 5.56 Å². The topological polar surface area (TPSA) is 91.6 Å². The molecule has 0 unspecified atom stereocenters. The summed E-state index contributed by atoms with van der Waals surface area (Å²) in [5, 5.41) is 15.2. The number of thioether (sulfide) groups is 1. The molecule has 0 saturated carbocycles. The highest BCUT2D eigenvalue weighted by molar-refractivity contribution is 8.17. The number of rotatable bonds is 6. The minimum Gasteiger partial charge on any atom is -0.255 e. The van der Waals surface area contributed by atoms with Gasteiger partial charge in [0.05, 0.1) is 5.57 Å². The summed E-state index contributed by atoms with van der Waals surface area (Å²) in [6.07, 6.45) is 2.36. The lowest BCUT2D eigenvalue weighted by Crippen LogP contribution is -2.25. The molecule has 1 aliphatic rings. The van der Waals surface area contributed by atoms with Gasteiger partial charge in [-0.25, -0.2) is 0 Å². The van der Waals surface area contributed by atoms with Crippen molar-refractivity contribution in [1.29, 1.82) is 5.26 Å². The Morgan fingerprint density at radius 1 is 1.39 bits per heavy atom. The molecule has 0 spiro atoms. The van der Waals surface area contributed by atoms with Crippen molar-refractivity contribution in [2.75, 3.05) is 6.54 Å². The first kappa shape index (κ1) is 17.3. The maximum Gasteiger partial charge on any atom is 0.402 e. The van der Waals surface area contributed by atoms with Gasteiger partial charge < -0.3 is 0 Å². The second kappa shape index (κ2) is 7.97. The van der Waals surface area contributed by atoms with Gasteiger partial charge in [0.25, 0.3) is 0 Å². The van der Waals surface area contributed by atoms with E-state index < -0.39 is 10.3 Å². The third-order valence-electron chi connectivity index (χ3n) is 2.84. The predicted octanol–water partition coefficient (Wildman–Crippen LogP) is 2.80. The predicted molar refractivity (Wildman–Crippen MR) is 91.4 cm³/mol. The first-order chi connectivity index (χ1) is 11.1. The molecule has 0 aromatic heterocycles. The molecule has 0 bridgehead atoms. The lowest BCUT2D eigenvalue weighted by atomic mass is 10.0. The van der Waals surface area contributed by atoms with Crippen LogP contribution in [0.2, 0.25) is 0 Å². The van der Waals surface area contributed by atoms with Crippen LogP contribution in [0.5, 0.6) is 0 Å². The summed E-state index contributed by atoms with van der Waals surface area (Å²) in [4.78, 5) is 0. The molecule has 8 heteroatoms. The number of nitriles is 1. The fraction of sp³-hybridized carbons (Fsp3) is 0.200. The van der Waals surface area contributed by atoms with Crippen LogP contribution in [0.4, 0.5) is 0 Å². The maximum atomic E-state index is 11.6. The molecule has 120 valence electrons. The Bertz CT molecular complexity index is 791. The summed E-state index contributed by atoms with van der Waals surface area (Å²) in [5.74, 6) is 0. The van der Waals surface area contributed by atoms with Crippen LogP contribution in [-0.4, -0.2) is 20.0 Å². The molecule has 0 saturated heterocycles. The number of oxime groups is 1. The fourth-order valence-corrected chi connectivity index (χ4v) is 3.22. The van der Waals surface area contributed by atoms with Crippen LogP contribution in [0.3, 0.4) is 0 Å². The Hall–Kier alpha value is -2.08. The van der Waals surface area contributed by atoms with Crippen LogP contribution in [-0.2, 0) is 14.6 Å². The van der Waals surface area contributed by atoms with E-state index in [0.29, 0.717) is 22.6 Å². The highest BCUT2D eigenvalue weighted by Gasteiger charge is 2.19. The molecular formula is C15H15N3O3S2. The van der Waals surface area contributed by atoms with Crippen LogP contribution >= 0.6 is 11.8 Å². The van der Waals surface area contributed by atoms with Gasteiger partial charge in [-0.2, -0.15) is 18.4 Å². The van der Waals surface area contributed by atoms with Gasteiger partial charge in [0, 0.05) is 12.1 Å². The molecule has 1 aliphatic heterocycles. The average molecular weight is 349 g/mol. The van der Waals surface area contributed by atoms with Crippen LogP contribution < -0.4 is 4.72 Å². The zero-order valence-electron chi connectivity index (χ0n) is 12.4. The Morgan fingerprint density at radius 2 is 2.13 bits per heavy atom. The molecule has 6 nitrogen and oxygen atoms in total. The van der Waals surface area contributed by atoms with Crippen LogP contribution in [0, 0.1) is 11.3 Å². The van der Waals surface area contributed by atoms with Crippen molar-refractivity contribution in [3.63, 3.8) is 0 Å². The Labute approximate surface area is 139 Å². The third kappa shape index (κ3) is 4.69. The minimum absolute atomic E-state index is 0.273. The fourth-order valence-electron chi connectivity index (χ4n) is 1.78. The van der Waals surface area contributed by atoms with Crippen molar-refractivity contribution < 1.29 is 12.7 Å². The summed E-state index contributed by atoms with van der Waals surface area (Å²) in [5.41, 5.74) is 1.68. The van der Waals surface area contributed by atoms with Gasteiger partial charge in [-0.15, -0.1) is 0 Å². The van der Waals surface area contributed by atoms with Crippen LogP contribution in [0.25, 0.3) is 5.57 Å². The average Bonchev–Trinajstić information content (AvgIpc) is 3.01. The quantitative estimate of drug-likeness (QED) is 0.630. The first-order valence-electron chi connectivity index (χ1n) is 6.87. The Morgan fingerprint density at radius 3 is 2.78 bits per heavy atom. The molecule has 23 heavy (non-hydrogen) atoms. The van der Waals surface area contributed by atoms with Crippen molar-refractivity contribution >= 4 is 32.7 Å². The maximum absolute atomic E-state index is 11.6. The molecule has 2 rings (SSSR count). The normalized spacial score (nSPS) is 18.0. The highest BCUT2D eigenvalue weighted by Crippen LogP contribution is 2.30. The second-order valence-corrected chi connectivity index (χ2v) is 6.75. The molecule has 1 N–H and O–H groups in total. The summed E-state index contributed by atoms with van der Waals surface area (Å²) in [7, 11) is -3.94.